The average molecular weight is 332 g/mol. The van der Waals surface area contributed by atoms with Gasteiger partial charge in [0.05, 0.1) is 4.88 Å². The molecular weight excluding hydrogens is 312 g/mol. The minimum Gasteiger partial charge on any atom is -0.481 e. The van der Waals surface area contributed by atoms with Gasteiger partial charge in [0.1, 0.15) is 5.75 Å². The molecule has 2 N–H and O–H groups in total. The van der Waals surface area contributed by atoms with Gasteiger partial charge < -0.3 is 4.74 Å². The van der Waals surface area contributed by atoms with E-state index >= 15 is 0 Å². The van der Waals surface area contributed by atoms with E-state index in [1.54, 1.807) is 6.92 Å². The maximum absolute atomic E-state index is 12.1. The number of hydrogen-bond donors (Lipinski definition) is 2. The van der Waals surface area contributed by atoms with E-state index in [-0.39, 0.29) is 5.91 Å². The summed E-state index contributed by atoms with van der Waals surface area (Å²) in [7, 11) is 0. The molecule has 0 saturated carbocycles. The predicted octanol–water partition coefficient (Wildman–Crippen LogP) is 2.90. The molecule has 5 nitrogen and oxygen atoms in total. The van der Waals surface area contributed by atoms with Crippen molar-refractivity contribution in [2.75, 3.05) is 0 Å². The van der Waals surface area contributed by atoms with Crippen LogP contribution in [0.15, 0.2) is 29.6 Å². The topological polar surface area (TPSA) is 67.4 Å². The maximum Gasteiger partial charge on any atom is 0.280 e. The molecule has 0 bridgehead atoms. The number of carbonyl (C=O) groups excluding carboxylic acids is 2. The second-order valence-electron chi connectivity index (χ2n) is 5.33. The van der Waals surface area contributed by atoms with Gasteiger partial charge in [0.2, 0.25) is 0 Å². The Bertz CT molecular complexity index is 724. The van der Waals surface area contributed by atoms with E-state index in [1.807, 2.05) is 50.4 Å². The Kier molecular flexibility index (Phi) is 5.39. The Hall–Kier alpha value is -2.34. The van der Waals surface area contributed by atoms with Gasteiger partial charge in [-0.25, -0.2) is 0 Å². The van der Waals surface area contributed by atoms with Crippen LogP contribution < -0.4 is 15.6 Å². The van der Waals surface area contributed by atoms with Gasteiger partial charge in [-0.15, -0.1) is 11.3 Å². The monoisotopic (exact) mass is 332 g/mol. The Balaban J connectivity index is 1.91. The van der Waals surface area contributed by atoms with Gasteiger partial charge in [0.25, 0.3) is 11.8 Å². The molecule has 0 unspecified atom stereocenters. The number of nitrogens with one attached hydrogen (secondary N) is 2. The molecule has 0 aliphatic rings. The molecule has 2 aromatic rings. The summed E-state index contributed by atoms with van der Waals surface area (Å²) in [4.78, 5) is 24.6. The largest absolute Gasteiger partial charge is 0.481 e. The molecule has 1 aromatic carbocycles. The maximum atomic E-state index is 12.1. The van der Waals surface area contributed by atoms with Crippen LogP contribution in [0.1, 0.15) is 33.3 Å². The van der Waals surface area contributed by atoms with Crippen molar-refractivity contribution in [2.24, 2.45) is 0 Å². The van der Waals surface area contributed by atoms with Crippen LogP contribution in [0.25, 0.3) is 0 Å². The van der Waals surface area contributed by atoms with Crippen LogP contribution in [0, 0.1) is 20.8 Å². The smallest absolute Gasteiger partial charge is 0.280 e. The van der Waals surface area contributed by atoms with Crippen molar-refractivity contribution in [1.82, 2.24) is 10.9 Å². The molecule has 1 heterocycles. The first-order chi connectivity index (χ1) is 10.9. The number of hydrazine groups is 1. The SMILES string of the molecule is Cc1ccsc1C(=O)NNC(=O)[C@@H](C)Oc1cccc(C)c1C. The highest BCUT2D eigenvalue weighted by atomic mass is 32.1. The van der Waals surface area contributed by atoms with Crippen LogP contribution in [0.2, 0.25) is 0 Å². The zero-order valence-corrected chi connectivity index (χ0v) is 14.4. The number of ether oxygens (including phenoxy) is 1. The lowest BCUT2D eigenvalue weighted by Crippen LogP contribution is -2.47. The lowest BCUT2D eigenvalue weighted by molar-refractivity contribution is -0.128. The van der Waals surface area contributed by atoms with Gasteiger partial charge in [0, 0.05) is 0 Å². The fraction of sp³-hybridized carbons (Fsp3) is 0.294. The van der Waals surface area contributed by atoms with Crippen molar-refractivity contribution < 1.29 is 14.3 Å². The number of aryl methyl sites for hydroxylation is 2. The lowest BCUT2D eigenvalue weighted by atomic mass is 10.1. The van der Waals surface area contributed by atoms with Gasteiger partial charge in [-0.3, -0.25) is 20.4 Å². The number of rotatable bonds is 4. The first kappa shape index (κ1) is 17.0. The second kappa shape index (κ2) is 7.28. The summed E-state index contributed by atoms with van der Waals surface area (Å²) in [5.74, 6) is -0.0775. The molecule has 2 amide bonds. The molecular formula is C17H20N2O3S. The number of hydrogen-bond acceptors (Lipinski definition) is 4. The van der Waals surface area contributed by atoms with Gasteiger partial charge >= 0.3 is 0 Å². The lowest BCUT2D eigenvalue weighted by Gasteiger charge is -2.17. The Labute approximate surface area is 139 Å². The third-order valence-electron chi connectivity index (χ3n) is 3.60. The third-order valence-corrected chi connectivity index (χ3v) is 4.61. The molecule has 0 fully saturated rings. The highest BCUT2D eigenvalue weighted by molar-refractivity contribution is 7.12. The third kappa shape index (κ3) is 4.10. The minimum absolute atomic E-state index is 0.329. The van der Waals surface area contributed by atoms with E-state index in [1.165, 1.54) is 11.3 Å². The number of amides is 2. The average Bonchev–Trinajstić information content (AvgIpc) is 2.95. The summed E-state index contributed by atoms with van der Waals surface area (Å²) in [5, 5.41) is 1.83. The van der Waals surface area contributed by atoms with E-state index in [0.717, 1.165) is 16.7 Å². The van der Waals surface area contributed by atoms with E-state index < -0.39 is 12.0 Å². The Morgan fingerprint density at radius 1 is 1.09 bits per heavy atom. The summed E-state index contributed by atoms with van der Waals surface area (Å²) in [5.41, 5.74) is 7.77. The van der Waals surface area contributed by atoms with Crippen LogP contribution in [0.3, 0.4) is 0 Å². The van der Waals surface area contributed by atoms with Crippen molar-refractivity contribution in [3.63, 3.8) is 0 Å². The zero-order chi connectivity index (χ0) is 17.0. The van der Waals surface area contributed by atoms with Crippen LogP contribution in [-0.2, 0) is 4.79 Å². The minimum atomic E-state index is -0.722. The van der Waals surface area contributed by atoms with Crippen molar-refractivity contribution in [2.45, 2.75) is 33.8 Å². The number of thiophene rings is 1. The molecule has 0 saturated heterocycles. The standard InChI is InChI=1S/C17H20N2O3S/c1-10-6-5-7-14(12(10)3)22-13(4)16(20)18-19-17(21)15-11(2)8-9-23-15/h5-9,13H,1-4H3,(H,18,20)(H,19,21)/t13-/m1/s1. The van der Waals surface area contributed by atoms with E-state index in [0.29, 0.717) is 10.6 Å². The fourth-order valence-corrected chi connectivity index (χ4v) is 2.80. The summed E-state index contributed by atoms with van der Waals surface area (Å²) in [6, 6.07) is 7.54. The quantitative estimate of drug-likeness (QED) is 0.846. The van der Waals surface area contributed by atoms with Crippen molar-refractivity contribution in [1.29, 1.82) is 0 Å². The Morgan fingerprint density at radius 3 is 2.48 bits per heavy atom. The van der Waals surface area contributed by atoms with Crippen LogP contribution in [0.4, 0.5) is 0 Å². The molecule has 2 rings (SSSR count). The van der Waals surface area contributed by atoms with Gasteiger partial charge in [-0.2, -0.15) is 0 Å². The predicted molar refractivity (Wildman–Crippen MR) is 90.7 cm³/mol. The summed E-state index contributed by atoms with van der Waals surface area (Å²) >= 11 is 1.33. The molecule has 1 atom stereocenters. The highest BCUT2D eigenvalue weighted by Crippen LogP contribution is 2.21. The van der Waals surface area contributed by atoms with Crippen molar-refractivity contribution >= 4 is 23.2 Å². The first-order valence-electron chi connectivity index (χ1n) is 7.27. The summed E-state index contributed by atoms with van der Waals surface area (Å²) < 4.78 is 5.67. The van der Waals surface area contributed by atoms with E-state index in [4.69, 9.17) is 4.74 Å². The molecule has 23 heavy (non-hydrogen) atoms. The highest BCUT2D eigenvalue weighted by Gasteiger charge is 2.18. The molecule has 0 aliphatic heterocycles. The summed E-state index contributed by atoms with van der Waals surface area (Å²) in [6.07, 6.45) is -0.722. The second-order valence-corrected chi connectivity index (χ2v) is 6.25. The number of carbonyl (C=O) groups is 2. The van der Waals surface area contributed by atoms with Gasteiger partial charge in [-0.05, 0) is 61.9 Å². The van der Waals surface area contributed by atoms with Crippen LogP contribution in [0.5, 0.6) is 5.75 Å². The fourth-order valence-electron chi connectivity index (χ4n) is 1.98. The molecule has 1 aromatic heterocycles. The first-order valence-corrected chi connectivity index (χ1v) is 8.15. The van der Waals surface area contributed by atoms with Gasteiger partial charge in [-0.1, -0.05) is 12.1 Å². The number of benzene rings is 1. The summed E-state index contributed by atoms with van der Waals surface area (Å²) in [6.45, 7) is 7.41. The van der Waals surface area contributed by atoms with Crippen LogP contribution in [-0.4, -0.2) is 17.9 Å². The van der Waals surface area contributed by atoms with Crippen molar-refractivity contribution in [3.05, 3.63) is 51.2 Å². The molecule has 6 heteroatoms. The van der Waals surface area contributed by atoms with Crippen molar-refractivity contribution in [3.8, 4) is 5.75 Å². The van der Waals surface area contributed by atoms with Crippen LogP contribution >= 0.6 is 11.3 Å². The van der Waals surface area contributed by atoms with E-state index in [9.17, 15) is 9.59 Å². The molecule has 0 spiro atoms. The molecule has 0 aliphatic carbocycles. The van der Waals surface area contributed by atoms with E-state index in [2.05, 4.69) is 10.9 Å². The van der Waals surface area contributed by atoms with Gasteiger partial charge in [0.15, 0.2) is 6.10 Å². The normalized spacial score (nSPS) is 11.7. The zero-order valence-electron chi connectivity index (χ0n) is 13.6. The molecule has 0 radical (unpaired) electrons. The Morgan fingerprint density at radius 2 is 1.83 bits per heavy atom. The molecule has 122 valence electrons.